The van der Waals surface area contributed by atoms with Gasteiger partial charge in [-0.15, -0.1) is 0 Å². The molecule has 1 amide bonds. The number of halogens is 2. The third-order valence-electron chi connectivity index (χ3n) is 3.29. The molecule has 0 aliphatic heterocycles. The van der Waals surface area contributed by atoms with Crippen molar-refractivity contribution < 1.29 is 9.53 Å². The van der Waals surface area contributed by atoms with Gasteiger partial charge in [0, 0.05) is 23.5 Å². The van der Waals surface area contributed by atoms with Crippen molar-refractivity contribution in [3.05, 3.63) is 28.2 Å². The molecule has 0 fully saturated rings. The van der Waals surface area contributed by atoms with Crippen molar-refractivity contribution in [1.29, 1.82) is 0 Å². The number of ether oxygens (including phenoxy) is 1. The molecule has 0 heterocycles. The summed E-state index contributed by atoms with van der Waals surface area (Å²) >= 11 is 17.2. The molecule has 0 unspecified atom stereocenters. The second-order valence-electron chi connectivity index (χ2n) is 5.97. The molecule has 1 rings (SSSR count). The number of thiocarbonyl (C=S) groups is 1. The number of amides is 1. The van der Waals surface area contributed by atoms with E-state index in [-0.39, 0.29) is 18.0 Å². The molecule has 1 N–H and O–H groups in total. The zero-order chi connectivity index (χ0) is 18.3. The minimum absolute atomic E-state index is 0.114. The topological polar surface area (TPSA) is 41.6 Å². The Balaban J connectivity index is 2.37. The van der Waals surface area contributed by atoms with Crippen LogP contribution in [0.1, 0.15) is 40.5 Å². The first kappa shape index (κ1) is 21.0. The minimum Gasteiger partial charge on any atom is -0.492 e. The first-order valence-corrected chi connectivity index (χ1v) is 9.08. The van der Waals surface area contributed by atoms with Gasteiger partial charge in [-0.3, -0.25) is 4.79 Å². The van der Waals surface area contributed by atoms with Crippen LogP contribution in [0.4, 0.5) is 0 Å². The molecule has 1 aromatic carbocycles. The van der Waals surface area contributed by atoms with E-state index in [1.807, 2.05) is 32.6 Å². The van der Waals surface area contributed by atoms with Crippen molar-refractivity contribution in [2.24, 2.45) is 0 Å². The van der Waals surface area contributed by atoms with E-state index in [0.717, 1.165) is 0 Å². The van der Waals surface area contributed by atoms with Gasteiger partial charge in [-0.1, -0.05) is 23.2 Å². The molecule has 1 aromatic rings. The fraction of sp³-hybridized carbons (Fsp3) is 0.529. The highest BCUT2D eigenvalue weighted by atomic mass is 35.5. The molecular weight excluding hydrogens is 367 g/mol. The summed E-state index contributed by atoms with van der Waals surface area (Å²) < 4.78 is 5.56. The van der Waals surface area contributed by atoms with Crippen LogP contribution in [0.2, 0.25) is 10.0 Å². The lowest BCUT2D eigenvalue weighted by Crippen LogP contribution is -2.49. The van der Waals surface area contributed by atoms with Crippen LogP contribution in [0.25, 0.3) is 0 Å². The number of rotatable bonds is 7. The standard InChI is InChI=1S/C17H24Cl2N2O2S/c1-11(2)21(12(3)4)17(24)20-16(22)6-5-9-23-15-8-7-13(18)10-14(15)19/h7-8,10-12H,5-6,9H2,1-4H3,(H,20,22,24). The Morgan fingerprint density at radius 3 is 2.42 bits per heavy atom. The predicted octanol–water partition coefficient (Wildman–Crippen LogP) is 4.67. The molecule has 134 valence electrons. The highest BCUT2D eigenvalue weighted by Gasteiger charge is 2.18. The lowest BCUT2D eigenvalue weighted by atomic mass is 10.2. The van der Waals surface area contributed by atoms with Gasteiger partial charge >= 0.3 is 0 Å². The summed E-state index contributed by atoms with van der Waals surface area (Å²) in [5, 5.41) is 4.26. The number of carbonyl (C=O) groups excluding carboxylic acids is 1. The van der Waals surface area contributed by atoms with Crippen molar-refractivity contribution in [3.8, 4) is 5.75 Å². The van der Waals surface area contributed by atoms with Crippen LogP contribution in [-0.4, -0.2) is 34.6 Å². The molecule has 0 spiro atoms. The largest absolute Gasteiger partial charge is 0.492 e. The van der Waals surface area contributed by atoms with E-state index >= 15 is 0 Å². The van der Waals surface area contributed by atoms with Gasteiger partial charge in [-0.25, -0.2) is 0 Å². The molecule has 0 saturated heterocycles. The molecule has 0 saturated carbocycles. The predicted molar refractivity (Wildman–Crippen MR) is 104 cm³/mol. The molecule has 0 aliphatic carbocycles. The highest BCUT2D eigenvalue weighted by molar-refractivity contribution is 7.80. The first-order chi connectivity index (χ1) is 11.2. The second-order valence-corrected chi connectivity index (χ2v) is 7.21. The van der Waals surface area contributed by atoms with Crippen LogP contribution in [0.15, 0.2) is 18.2 Å². The number of nitrogens with zero attached hydrogens (tertiary/aromatic N) is 1. The van der Waals surface area contributed by atoms with Gasteiger partial charge in [0.15, 0.2) is 5.11 Å². The van der Waals surface area contributed by atoms with Gasteiger partial charge < -0.3 is 15.0 Å². The molecule has 7 heteroatoms. The summed E-state index contributed by atoms with van der Waals surface area (Å²) in [5.41, 5.74) is 0. The molecule has 0 atom stereocenters. The average Bonchev–Trinajstić information content (AvgIpc) is 2.44. The van der Waals surface area contributed by atoms with Crippen LogP contribution < -0.4 is 10.1 Å². The van der Waals surface area contributed by atoms with Gasteiger partial charge in [0.25, 0.3) is 0 Å². The van der Waals surface area contributed by atoms with E-state index in [9.17, 15) is 4.79 Å². The first-order valence-electron chi connectivity index (χ1n) is 7.92. The van der Waals surface area contributed by atoms with Crippen LogP contribution in [0, 0.1) is 0 Å². The van der Waals surface area contributed by atoms with E-state index in [0.29, 0.717) is 40.4 Å². The molecule has 0 bridgehead atoms. The lowest BCUT2D eigenvalue weighted by molar-refractivity contribution is -0.120. The van der Waals surface area contributed by atoms with Gasteiger partial charge in [0.2, 0.25) is 5.91 Å². The van der Waals surface area contributed by atoms with E-state index in [1.54, 1.807) is 18.2 Å². The van der Waals surface area contributed by atoms with E-state index in [2.05, 4.69) is 5.32 Å². The Kier molecular flexibility index (Phi) is 8.81. The molecule has 24 heavy (non-hydrogen) atoms. The Hall–Kier alpha value is -1.04. The minimum atomic E-state index is -0.114. The normalized spacial score (nSPS) is 10.8. The van der Waals surface area contributed by atoms with Crippen molar-refractivity contribution in [2.45, 2.75) is 52.6 Å². The molecule has 0 aliphatic rings. The maximum atomic E-state index is 12.0. The summed E-state index contributed by atoms with van der Waals surface area (Å²) in [7, 11) is 0. The van der Waals surface area contributed by atoms with Gasteiger partial charge in [-0.2, -0.15) is 0 Å². The number of carbonyl (C=O) groups is 1. The summed E-state index contributed by atoms with van der Waals surface area (Å²) in [5.74, 6) is 0.444. The smallest absolute Gasteiger partial charge is 0.226 e. The zero-order valence-corrected chi connectivity index (χ0v) is 16.8. The SMILES string of the molecule is CC(C)N(C(=S)NC(=O)CCCOc1ccc(Cl)cc1Cl)C(C)C. The summed E-state index contributed by atoms with van der Waals surface area (Å²) in [6.45, 7) is 8.56. The van der Waals surface area contributed by atoms with Gasteiger partial charge in [-0.05, 0) is 64.5 Å². The average molecular weight is 391 g/mol. The molecule has 0 aromatic heterocycles. The lowest BCUT2D eigenvalue weighted by Gasteiger charge is -2.33. The fourth-order valence-corrected chi connectivity index (χ4v) is 3.32. The van der Waals surface area contributed by atoms with Gasteiger partial charge in [0.05, 0.1) is 11.6 Å². The van der Waals surface area contributed by atoms with Crippen LogP contribution in [0.3, 0.4) is 0 Å². The maximum absolute atomic E-state index is 12.0. The van der Waals surface area contributed by atoms with Crippen LogP contribution >= 0.6 is 35.4 Å². The summed E-state index contributed by atoms with van der Waals surface area (Å²) in [6.07, 6.45) is 0.895. The van der Waals surface area contributed by atoms with Gasteiger partial charge in [0.1, 0.15) is 5.75 Å². The molecule has 0 radical (unpaired) electrons. The maximum Gasteiger partial charge on any atom is 0.226 e. The second kappa shape index (κ2) is 10.1. The van der Waals surface area contributed by atoms with Crippen LogP contribution in [0.5, 0.6) is 5.75 Å². The third kappa shape index (κ3) is 6.83. The van der Waals surface area contributed by atoms with Crippen LogP contribution in [-0.2, 0) is 4.79 Å². The third-order valence-corrected chi connectivity index (χ3v) is 4.14. The zero-order valence-electron chi connectivity index (χ0n) is 14.4. The van der Waals surface area contributed by atoms with E-state index in [4.69, 9.17) is 40.2 Å². The summed E-state index contributed by atoms with van der Waals surface area (Å²) in [4.78, 5) is 14.0. The van der Waals surface area contributed by atoms with Crippen molar-refractivity contribution in [2.75, 3.05) is 6.61 Å². The quantitative estimate of drug-likeness (QED) is 0.542. The van der Waals surface area contributed by atoms with Crippen molar-refractivity contribution in [1.82, 2.24) is 10.2 Å². The molecular formula is C17H24Cl2N2O2S. The Bertz CT molecular complexity index is 572. The molecule has 4 nitrogen and oxygen atoms in total. The number of nitrogens with one attached hydrogen (secondary N) is 1. The number of benzene rings is 1. The summed E-state index contributed by atoms with van der Waals surface area (Å²) in [6, 6.07) is 5.50. The van der Waals surface area contributed by atoms with Crippen molar-refractivity contribution >= 4 is 46.4 Å². The Labute approximate surface area is 159 Å². The fourth-order valence-electron chi connectivity index (χ4n) is 2.32. The Morgan fingerprint density at radius 2 is 1.88 bits per heavy atom. The Morgan fingerprint density at radius 1 is 1.25 bits per heavy atom. The number of hydrogen-bond donors (Lipinski definition) is 1. The monoisotopic (exact) mass is 390 g/mol. The van der Waals surface area contributed by atoms with E-state index in [1.165, 1.54) is 0 Å². The highest BCUT2D eigenvalue weighted by Crippen LogP contribution is 2.27. The number of hydrogen-bond acceptors (Lipinski definition) is 3. The van der Waals surface area contributed by atoms with E-state index < -0.39 is 0 Å². The van der Waals surface area contributed by atoms with Crippen molar-refractivity contribution in [3.63, 3.8) is 0 Å².